The maximum absolute atomic E-state index is 4.39. The summed E-state index contributed by atoms with van der Waals surface area (Å²) in [5, 5.41) is 16.1. The van der Waals surface area contributed by atoms with Crippen LogP contribution in [0.25, 0.3) is 42.4 Å². The second kappa shape index (κ2) is 13.4. The predicted octanol–water partition coefficient (Wildman–Crippen LogP) is 8.98. The molecule has 44 heavy (non-hydrogen) atoms. The molecule has 9 heteroatoms. The van der Waals surface area contributed by atoms with Gasteiger partial charge in [0.1, 0.15) is 11.0 Å². The molecule has 0 N–H and O–H groups in total. The van der Waals surface area contributed by atoms with Crippen molar-refractivity contribution >= 4 is 65.0 Å². The van der Waals surface area contributed by atoms with Crippen LogP contribution in [-0.4, -0.2) is 34.7 Å². The van der Waals surface area contributed by atoms with E-state index in [1.807, 2.05) is 63.9 Å². The van der Waals surface area contributed by atoms with Crippen molar-refractivity contribution in [3.8, 4) is 0 Å². The molecule has 4 aromatic carbocycles. The van der Waals surface area contributed by atoms with Gasteiger partial charge >= 0.3 is 0 Å². The molecule has 0 spiro atoms. The summed E-state index contributed by atoms with van der Waals surface area (Å²) in [4.78, 5) is 10.4. The zero-order valence-corrected chi connectivity index (χ0v) is 28.1. The van der Waals surface area contributed by atoms with Gasteiger partial charge in [0.15, 0.2) is 0 Å². The molecule has 0 aliphatic carbocycles. The Kier molecular flexibility index (Phi) is 9.46. The molecule has 0 saturated carbocycles. The Hall–Kier alpha value is -4.47. The highest BCUT2D eigenvalue weighted by molar-refractivity contribution is 7.18. The highest BCUT2D eigenvalue weighted by Gasteiger charge is 2.00. The number of hydrogen-bond donors (Lipinski definition) is 0. The van der Waals surface area contributed by atoms with Crippen LogP contribution in [0.5, 0.6) is 0 Å². The highest BCUT2D eigenvalue weighted by atomic mass is 32.1. The summed E-state index contributed by atoms with van der Waals surface area (Å²) in [6.07, 6.45) is 2.02. The van der Waals surface area contributed by atoms with Gasteiger partial charge in [0.2, 0.25) is 0 Å². The van der Waals surface area contributed by atoms with E-state index in [9.17, 15) is 0 Å². The van der Waals surface area contributed by atoms with E-state index >= 15 is 0 Å². The summed E-state index contributed by atoms with van der Waals surface area (Å²) >= 11 is 3.50. The summed E-state index contributed by atoms with van der Waals surface area (Å²) in [6.45, 7) is 12.4. The number of aromatic nitrogens is 7. The predicted molar refractivity (Wildman–Crippen MR) is 187 cm³/mol. The lowest BCUT2D eigenvalue weighted by atomic mass is 10.2. The lowest BCUT2D eigenvalue weighted by Gasteiger charge is -1.88. The fraction of sp³-hybridized carbons (Fsp3) is 0.229. The normalized spacial score (nSPS) is 10.7. The van der Waals surface area contributed by atoms with Crippen LogP contribution in [0.15, 0.2) is 79.0 Å². The average Bonchev–Trinajstić information content (AvgIpc) is 3.71. The summed E-state index contributed by atoms with van der Waals surface area (Å²) in [5.74, 6) is 0. The Balaban J connectivity index is 0.000000116. The fourth-order valence-corrected chi connectivity index (χ4v) is 6.41. The molecule has 224 valence electrons. The van der Waals surface area contributed by atoms with Crippen LogP contribution in [0.2, 0.25) is 0 Å². The van der Waals surface area contributed by atoms with Gasteiger partial charge in [0.05, 0.1) is 36.0 Å². The lowest BCUT2D eigenvalue weighted by Crippen LogP contribution is -1.90. The number of rotatable bonds is 0. The number of aryl methyl sites for hydroxylation is 8. The summed E-state index contributed by atoms with van der Waals surface area (Å²) in [5.41, 5.74) is 10.3. The van der Waals surface area contributed by atoms with E-state index in [1.165, 1.54) is 37.0 Å². The number of thiazole rings is 2. The highest BCUT2D eigenvalue weighted by Crippen LogP contribution is 2.23. The minimum absolute atomic E-state index is 0.957. The van der Waals surface area contributed by atoms with Crippen molar-refractivity contribution in [3.63, 3.8) is 0 Å². The molecule has 0 radical (unpaired) electrons. The van der Waals surface area contributed by atoms with Crippen molar-refractivity contribution in [2.75, 3.05) is 0 Å². The molecule has 0 aliphatic rings. The first kappa shape index (κ1) is 31.0. The lowest BCUT2D eigenvalue weighted by molar-refractivity contribution is 0.665. The Morgan fingerprint density at radius 3 is 1.73 bits per heavy atom. The Labute approximate surface area is 265 Å². The van der Waals surface area contributed by atoms with Crippen molar-refractivity contribution in [2.45, 2.75) is 41.5 Å². The maximum atomic E-state index is 4.39. The molecule has 8 aromatic rings. The van der Waals surface area contributed by atoms with Crippen LogP contribution in [0.1, 0.15) is 32.3 Å². The first-order valence-electron chi connectivity index (χ1n) is 14.4. The molecule has 0 aliphatic heterocycles. The molecule has 4 aromatic heterocycles. The molecule has 8 rings (SSSR count). The van der Waals surface area contributed by atoms with Gasteiger partial charge in [0.25, 0.3) is 0 Å². The molecular formula is C35H37N7S2. The van der Waals surface area contributed by atoms with Crippen molar-refractivity contribution in [3.05, 3.63) is 111 Å². The molecule has 4 heterocycles. The van der Waals surface area contributed by atoms with E-state index in [2.05, 4.69) is 101 Å². The standard InChI is InChI=1S/C9H10N2.2C9H9NS.C8H9N3/c1-7-3-4-8-6-11(2)10-9(8)5-7;1-6-3-4-9-8(5-6)10-7(2)11-9;1-6-3-4-8-9(5-6)11-7(2)10-8;1-6-3-4-7-8(5-6)10-11(2)9-7/h3-6H,1-2H3;3*3-5H,1-2H3. The Morgan fingerprint density at radius 1 is 0.477 bits per heavy atom. The van der Waals surface area contributed by atoms with Crippen molar-refractivity contribution in [1.82, 2.24) is 34.7 Å². The van der Waals surface area contributed by atoms with Crippen LogP contribution >= 0.6 is 22.7 Å². The van der Waals surface area contributed by atoms with E-state index in [-0.39, 0.29) is 0 Å². The topological polar surface area (TPSA) is 74.3 Å². The zero-order chi connectivity index (χ0) is 31.4. The van der Waals surface area contributed by atoms with Gasteiger partial charge in [-0.2, -0.15) is 20.1 Å². The number of benzene rings is 4. The molecular weight excluding hydrogens is 583 g/mol. The number of nitrogens with zero attached hydrogens (tertiary/aromatic N) is 7. The minimum atomic E-state index is 0.957. The first-order chi connectivity index (χ1) is 21.0. The minimum Gasteiger partial charge on any atom is -0.275 e. The van der Waals surface area contributed by atoms with Crippen LogP contribution < -0.4 is 0 Å². The van der Waals surface area contributed by atoms with Gasteiger partial charge < -0.3 is 0 Å². The Morgan fingerprint density at radius 2 is 1.00 bits per heavy atom. The third-order valence-corrected chi connectivity index (χ3v) is 8.60. The average molecular weight is 620 g/mol. The molecule has 0 atom stereocenters. The largest absolute Gasteiger partial charge is 0.275 e. The van der Waals surface area contributed by atoms with Crippen LogP contribution in [0.4, 0.5) is 0 Å². The third-order valence-electron chi connectivity index (χ3n) is 6.71. The van der Waals surface area contributed by atoms with Gasteiger partial charge in [0, 0.05) is 25.7 Å². The first-order valence-corrected chi connectivity index (χ1v) is 16.0. The van der Waals surface area contributed by atoms with Crippen molar-refractivity contribution in [2.24, 2.45) is 14.1 Å². The monoisotopic (exact) mass is 619 g/mol. The van der Waals surface area contributed by atoms with Crippen LogP contribution in [-0.2, 0) is 14.1 Å². The summed E-state index contributed by atoms with van der Waals surface area (Å²) < 4.78 is 4.42. The van der Waals surface area contributed by atoms with E-state index in [0.717, 1.165) is 37.6 Å². The van der Waals surface area contributed by atoms with Gasteiger partial charge in [-0.1, -0.05) is 30.3 Å². The smallest absolute Gasteiger partial charge is 0.113 e. The second-order valence-electron chi connectivity index (χ2n) is 11.0. The Bertz CT molecular complexity index is 1870. The summed E-state index contributed by atoms with van der Waals surface area (Å²) in [7, 11) is 3.77. The van der Waals surface area contributed by atoms with E-state index in [4.69, 9.17) is 0 Å². The van der Waals surface area contributed by atoms with E-state index in [0.29, 0.717) is 0 Å². The zero-order valence-electron chi connectivity index (χ0n) is 26.5. The second-order valence-corrected chi connectivity index (χ2v) is 13.4. The molecule has 0 bridgehead atoms. The van der Waals surface area contributed by atoms with Gasteiger partial charge in [-0.15, -0.1) is 22.7 Å². The van der Waals surface area contributed by atoms with Crippen LogP contribution in [0.3, 0.4) is 0 Å². The fourth-order valence-electron chi connectivity index (χ4n) is 4.68. The van der Waals surface area contributed by atoms with Crippen molar-refractivity contribution in [1.29, 1.82) is 0 Å². The summed E-state index contributed by atoms with van der Waals surface area (Å²) in [6, 6.07) is 25.1. The van der Waals surface area contributed by atoms with Crippen LogP contribution in [0, 0.1) is 41.5 Å². The number of fused-ring (bicyclic) bond motifs is 4. The quantitative estimate of drug-likeness (QED) is 0.169. The molecule has 0 fully saturated rings. The van der Waals surface area contributed by atoms with Gasteiger partial charge in [-0.3, -0.25) is 4.68 Å². The number of hydrogen-bond acceptors (Lipinski definition) is 7. The molecule has 0 saturated heterocycles. The van der Waals surface area contributed by atoms with Gasteiger partial charge in [-0.25, -0.2) is 9.97 Å². The third kappa shape index (κ3) is 7.92. The van der Waals surface area contributed by atoms with E-state index < -0.39 is 0 Å². The molecule has 7 nitrogen and oxygen atoms in total. The molecule has 0 amide bonds. The van der Waals surface area contributed by atoms with Gasteiger partial charge in [-0.05, 0) is 106 Å². The van der Waals surface area contributed by atoms with E-state index in [1.54, 1.807) is 27.5 Å². The van der Waals surface area contributed by atoms with Crippen molar-refractivity contribution < 1.29 is 0 Å². The molecule has 0 unspecified atom stereocenters. The maximum Gasteiger partial charge on any atom is 0.113 e. The SMILES string of the molecule is Cc1ccc2cn(C)nc2c1.Cc1ccc2nc(C)sc2c1.Cc1ccc2nn(C)nc2c1.Cc1ccc2sc(C)nc2c1.